The van der Waals surface area contributed by atoms with Crippen LogP contribution in [0.4, 0.5) is 5.69 Å². The number of hydrogen-bond acceptors (Lipinski definition) is 5. The largest absolute Gasteiger partial charge is 0.461 e. The summed E-state index contributed by atoms with van der Waals surface area (Å²) in [7, 11) is 1.88. The molecule has 0 spiro atoms. The number of thiol groups is 1. The molecule has 0 amide bonds. The summed E-state index contributed by atoms with van der Waals surface area (Å²) in [5.74, 6) is -0.338. The number of hydrogen-bond donors (Lipinski definition) is 1. The van der Waals surface area contributed by atoms with Crippen molar-refractivity contribution in [2.45, 2.75) is 97.7 Å². The van der Waals surface area contributed by atoms with Gasteiger partial charge in [0.15, 0.2) is 0 Å². The summed E-state index contributed by atoms with van der Waals surface area (Å²) < 4.78 is 5.37. The highest BCUT2D eigenvalue weighted by molar-refractivity contribution is 7.81. The number of nitro groups is 1. The van der Waals surface area contributed by atoms with Gasteiger partial charge in [-0.05, 0) is 42.1 Å². The summed E-state index contributed by atoms with van der Waals surface area (Å²) in [6.45, 7) is 16.7. The van der Waals surface area contributed by atoms with Crippen LogP contribution in [0.15, 0.2) is 18.2 Å². The number of carbonyl (C=O) groups is 1. The van der Waals surface area contributed by atoms with E-state index in [2.05, 4.69) is 47.2 Å². The monoisotopic (exact) mass is 449 g/mol. The first-order valence-corrected chi connectivity index (χ1v) is 11.5. The third kappa shape index (κ3) is 8.87. The summed E-state index contributed by atoms with van der Waals surface area (Å²) >= 11 is 4.58. The van der Waals surface area contributed by atoms with Crippen molar-refractivity contribution in [2.75, 3.05) is 0 Å². The summed E-state index contributed by atoms with van der Waals surface area (Å²) in [5, 5.41) is 11.0. The lowest BCUT2D eigenvalue weighted by Gasteiger charge is -2.33. The maximum absolute atomic E-state index is 13.0. The first-order chi connectivity index (χ1) is 13.9. The molecular formula is C24H40BNO4S. The van der Waals surface area contributed by atoms with Gasteiger partial charge < -0.3 is 4.74 Å². The van der Waals surface area contributed by atoms with Crippen LogP contribution in [0.25, 0.3) is 0 Å². The molecule has 1 unspecified atom stereocenters. The lowest BCUT2D eigenvalue weighted by atomic mass is 9.62. The van der Waals surface area contributed by atoms with E-state index in [0.29, 0.717) is 24.8 Å². The second-order valence-corrected chi connectivity index (χ2v) is 12.9. The second-order valence-electron chi connectivity index (χ2n) is 11.7. The number of nitro benzene ring substituents is 1. The molecule has 31 heavy (non-hydrogen) atoms. The van der Waals surface area contributed by atoms with E-state index >= 15 is 0 Å². The topological polar surface area (TPSA) is 69.4 Å². The molecule has 7 heteroatoms. The molecular weight excluding hydrogens is 409 g/mol. The van der Waals surface area contributed by atoms with E-state index in [1.54, 1.807) is 6.07 Å². The minimum Gasteiger partial charge on any atom is -0.461 e. The van der Waals surface area contributed by atoms with Crippen LogP contribution in [0, 0.1) is 20.9 Å². The number of ether oxygens (including phenoxy) is 1. The van der Waals surface area contributed by atoms with Crippen LogP contribution in [-0.2, 0) is 22.6 Å². The fraction of sp³-hybridized carbons (Fsp3) is 0.708. The quantitative estimate of drug-likeness (QED) is 0.158. The Kier molecular flexibility index (Phi) is 8.86. The van der Waals surface area contributed by atoms with E-state index in [1.807, 2.05) is 34.7 Å². The van der Waals surface area contributed by atoms with Crippen molar-refractivity contribution in [3.63, 3.8) is 0 Å². The van der Waals surface area contributed by atoms with Gasteiger partial charge in [-0.15, -0.1) is 0 Å². The van der Waals surface area contributed by atoms with E-state index in [4.69, 9.17) is 4.74 Å². The number of esters is 1. The van der Waals surface area contributed by atoms with Crippen LogP contribution in [-0.4, -0.2) is 23.5 Å². The van der Waals surface area contributed by atoms with Crippen molar-refractivity contribution in [1.82, 2.24) is 0 Å². The van der Waals surface area contributed by atoms with Gasteiger partial charge in [0, 0.05) is 16.1 Å². The fourth-order valence-electron chi connectivity index (χ4n) is 4.75. The molecule has 0 aliphatic heterocycles. The summed E-state index contributed by atoms with van der Waals surface area (Å²) in [6, 6.07) is 5.11. The molecule has 0 heterocycles. The van der Waals surface area contributed by atoms with Crippen molar-refractivity contribution in [1.29, 1.82) is 0 Å². The Morgan fingerprint density at radius 3 is 2.16 bits per heavy atom. The van der Waals surface area contributed by atoms with Crippen LogP contribution in [0.1, 0.15) is 85.8 Å². The third-order valence-electron chi connectivity index (χ3n) is 5.57. The zero-order valence-corrected chi connectivity index (χ0v) is 21.7. The Morgan fingerprint density at radius 1 is 1.13 bits per heavy atom. The van der Waals surface area contributed by atoms with Gasteiger partial charge in [-0.2, -0.15) is 12.6 Å². The van der Waals surface area contributed by atoms with Gasteiger partial charge in [0.2, 0.25) is 0 Å². The summed E-state index contributed by atoms with van der Waals surface area (Å²) in [6.07, 6.45) is 2.80. The van der Waals surface area contributed by atoms with Crippen LogP contribution in [0.5, 0.6) is 0 Å². The number of nitrogens with zero attached hydrogens (tertiary/aromatic N) is 1. The summed E-state index contributed by atoms with van der Waals surface area (Å²) in [5.41, 5.74) is 1.44. The van der Waals surface area contributed by atoms with Crippen molar-refractivity contribution in [3.8, 4) is 0 Å². The molecule has 1 rings (SSSR count). The molecule has 0 aromatic heterocycles. The molecule has 0 fully saturated rings. The highest BCUT2D eigenvalue weighted by atomic mass is 32.1. The molecule has 0 aliphatic rings. The van der Waals surface area contributed by atoms with Gasteiger partial charge in [0.25, 0.3) is 5.69 Å². The molecule has 5 nitrogen and oxygen atoms in total. The maximum Gasteiger partial charge on any atom is 0.304 e. The Balaban J connectivity index is 3.21. The normalized spacial score (nSPS) is 14.7. The second kappa shape index (κ2) is 9.97. The van der Waals surface area contributed by atoms with Gasteiger partial charge in [0.05, 0.1) is 10.5 Å². The molecule has 1 aromatic rings. The van der Waals surface area contributed by atoms with E-state index in [-0.39, 0.29) is 38.8 Å². The smallest absolute Gasteiger partial charge is 0.304 e. The van der Waals surface area contributed by atoms with Crippen LogP contribution in [0.3, 0.4) is 0 Å². The van der Waals surface area contributed by atoms with Crippen LogP contribution in [0.2, 0.25) is 5.31 Å². The van der Waals surface area contributed by atoms with E-state index < -0.39 is 5.31 Å². The predicted octanol–water partition coefficient (Wildman–Crippen LogP) is 5.94. The van der Waals surface area contributed by atoms with Gasteiger partial charge in [-0.1, -0.05) is 67.5 Å². The zero-order valence-electron chi connectivity index (χ0n) is 20.8. The lowest BCUT2D eigenvalue weighted by molar-refractivity contribution is -0.385. The Labute approximate surface area is 194 Å². The third-order valence-corrected chi connectivity index (χ3v) is 5.72. The first-order valence-electron chi connectivity index (χ1n) is 11.0. The number of rotatable bonds is 10. The standard InChI is InChI=1S/C24H40BNO4S/c1-9-24(25,16-23(7,8)31)20(27)30-14-18-17(11-10-12-19(18)26(28)29)13-22(5,6)15-21(2,3)4/h10-12,31H,9,13-16,25H2,1-8H3. The van der Waals surface area contributed by atoms with Gasteiger partial charge >= 0.3 is 5.97 Å². The van der Waals surface area contributed by atoms with Crippen molar-refractivity contribution in [2.24, 2.45) is 10.8 Å². The molecule has 174 valence electrons. The summed E-state index contributed by atoms with van der Waals surface area (Å²) in [4.78, 5) is 24.3. The Hall–Kier alpha value is -1.50. The maximum atomic E-state index is 13.0. The molecule has 1 aromatic carbocycles. The van der Waals surface area contributed by atoms with Gasteiger partial charge in [-0.25, -0.2) is 0 Å². The molecule has 0 saturated heterocycles. The van der Waals surface area contributed by atoms with Gasteiger partial charge in [-0.3, -0.25) is 14.9 Å². The average molecular weight is 449 g/mol. The van der Waals surface area contributed by atoms with Crippen LogP contribution < -0.4 is 0 Å². The molecule has 0 saturated carbocycles. The molecule has 0 N–H and O–H groups in total. The molecule has 1 atom stereocenters. The Morgan fingerprint density at radius 2 is 1.71 bits per heavy atom. The molecule has 0 aliphatic carbocycles. The number of carbonyl (C=O) groups excluding carboxylic acids is 1. The molecule has 0 radical (unpaired) electrons. The van der Waals surface area contributed by atoms with Crippen molar-refractivity contribution < 1.29 is 14.5 Å². The highest BCUT2D eigenvalue weighted by Gasteiger charge is 2.38. The predicted molar refractivity (Wildman–Crippen MR) is 134 cm³/mol. The van der Waals surface area contributed by atoms with Crippen molar-refractivity contribution in [3.05, 3.63) is 39.4 Å². The highest BCUT2D eigenvalue weighted by Crippen LogP contribution is 2.41. The molecule has 0 bridgehead atoms. The van der Waals surface area contributed by atoms with Crippen LogP contribution >= 0.6 is 12.6 Å². The minimum absolute atomic E-state index is 0.00425. The van der Waals surface area contributed by atoms with E-state index in [1.165, 1.54) is 6.07 Å². The van der Waals surface area contributed by atoms with Crippen molar-refractivity contribution >= 4 is 32.1 Å². The first kappa shape index (κ1) is 27.5. The average Bonchev–Trinajstić information content (AvgIpc) is 2.55. The van der Waals surface area contributed by atoms with E-state index in [9.17, 15) is 14.9 Å². The van der Waals surface area contributed by atoms with E-state index in [0.717, 1.165) is 12.0 Å². The lowest BCUT2D eigenvalue weighted by Crippen LogP contribution is -2.32. The Bertz CT molecular complexity index is 796. The fourth-order valence-corrected chi connectivity index (χ4v) is 5.10. The SMILES string of the molecule is BC(CC)(CC(C)(C)S)C(=O)OCc1c(CC(C)(C)CC(C)(C)C)cccc1[N+](=O)[O-]. The number of benzene rings is 1. The van der Waals surface area contributed by atoms with Gasteiger partial charge in [0.1, 0.15) is 14.5 Å². The zero-order chi connectivity index (χ0) is 24.3. The minimum atomic E-state index is -0.694.